The lowest BCUT2D eigenvalue weighted by Gasteiger charge is -2.10. The number of hydrogen-bond acceptors (Lipinski definition) is 4. The highest BCUT2D eigenvalue weighted by Crippen LogP contribution is 2.22. The fraction of sp³-hybridized carbons (Fsp3) is 0.0556. The lowest BCUT2D eigenvalue weighted by Crippen LogP contribution is -2.21. The highest BCUT2D eigenvalue weighted by Gasteiger charge is 2.09. The van der Waals surface area contributed by atoms with Gasteiger partial charge in [-0.25, -0.2) is 0 Å². The third-order valence-electron chi connectivity index (χ3n) is 3.58. The highest BCUT2D eigenvalue weighted by atomic mass is 16.1. The van der Waals surface area contributed by atoms with E-state index in [1.165, 1.54) is 4.68 Å². The molecule has 5 nitrogen and oxygen atoms in total. The number of nitrogens with two attached hydrogens (primary N) is 1. The predicted octanol–water partition coefficient (Wildman–Crippen LogP) is 2.66. The Kier molecular flexibility index (Phi) is 3.65. The van der Waals surface area contributed by atoms with Crippen LogP contribution in [0.25, 0.3) is 16.8 Å². The van der Waals surface area contributed by atoms with Crippen molar-refractivity contribution in [2.45, 2.75) is 6.92 Å². The number of rotatable bonds is 2. The molecule has 2 aromatic carbocycles. The quantitative estimate of drug-likeness (QED) is 0.737. The largest absolute Gasteiger partial charge is 0.399 e. The second-order valence-electron chi connectivity index (χ2n) is 5.17. The maximum atomic E-state index is 12.4. The summed E-state index contributed by atoms with van der Waals surface area (Å²) in [6, 6.07) is 17.7. The van der Waals surface area contributed by atoms with Crippen LogP contribution in [0.2, 0.25) is 0 Å². The van der Waals surface area contributed by atoms with Gasteiger partial charge in [0.15, 0.2) is 0 Å². The van der Waals surface area contributed by atoms with E-state index >= 15 is 0 Å². The number of nitrogen functional groups attached to an aromatic ring is 1. The summed E-state index contributed by atoms with van der Waals surface area (Å²) in [6.07, 6.45) is 0. The maximum Gasteiger partial charge on any atom is 0.272 e. The second-order valence-corrected chi connectivity index (χ2v) is 5.17. The summed E-state index contributed by atoms with van der Waals surface area (Å²) in [5, 5.41) is 13.2. The van der Waals surface area contributed by atoms with Crippen molar-refractivity contribution in [3.8, 4) is 22.9 Å². The Morgan fingerprint density at radius 2 is 1.74 bits per heavy atom. The number of nitrogens with zero attached hydrogens (tertiary/aromatic N) is 3. The average Bonchev–Trinajstić information content (AvgIpc) is 2.57. The topological polar surface area (TPSA) is 84.7 Å². The Morgan fingerprint density at radius 3 is 2.35 bits per heavy atom. The molecule has 0 saturated heterocycles. The lowest BCUT2D eigenvalue weighted by atomic mass is 10.1. The van der Waals surface area contributed by atoms with Gasteiger partial charge in [-0.1, -0.05) is 12.1 Å². The van der Waals surface area contributed by atoms with Gasteiger partial charge in [0.05, 0.1) is 23.0 Å². The first-order valence-corrected chi connectivity index (χ1v) is 7.06. The van der Waals surface area contributed by atoms with Crippen molar-refractivity contribution in [1.82, 2.24) is 9.78 Å². The Morgan fingerprint density at radius 1 is 1.09 bits per heavy atom. The summed E-state index contributed by atoms with van der Waals surface area (Å²) in [5.74, 6) is 0. The van der Waals surface area contributed by atoms with Gasteiger partial charge >= 0.3 is 0 Å². The number of nitriles is 1. The maximum absolute atomic E-state index is 12.4. The average molecular weight is 302 g/mol. The standard InChI is InChI=1S/C18H14N4O/c1-12-17(14-4-6-15(20)7-5-14)10-18(23)22(21-12)16-8-2-13(11-19)3-9-16/h2-10H,20H2,1H3. The highest BCUT2D eigenvalue weighted by molar-refractivity contribution is 5.67. The van der Waals surface area contributed by atoms with Crippen LogP contribution in [0.15, 0.2) is 59.4 Å². The molecule has 112 valence electrons. The molecule has 23 heavy (non-hydrogen) atoms. The van der Waals surface area contributed by atoms with Gasteiger partial charge in [0.25, 0.3) is 5.56 Å². The van der Waals surface area contributed by atoms with E-state index in [0.29, 0.717) is 16.9 Å². The zero-order valence-electron chi connectivity index (χ0n) is 12.5. The molecule has 0 radical (unpaired) electrons. The van der Waals surface area contributed by atoms with Gasteiger partial charge in [0.1, 0.15) is 0 Å². The van der Waals surface area contributed by atoms with E-state index in [1.807, 2.05) is 25.1 Å². The number of anilines is 1. The van der Waals surface area contributed by atoms with Gasteiger partial charge in [-0.3, -0.25) is 4.79 Å². The molecule has 0 unspecified atom stereocenters. The van der Waals surface area contributed by atoms with Crippen molar-refractivity contribution in [3.05, 3.63) is 76.2 Å². The van der Waals surface area contributed by atoms with E-state index < -0.39 is 0 Å². The predicted molar refractivity (Wildman–Crippen MR) is 89.1 cm³/mol. The van der Waals surface area contributed by atoms with Crippen molar-refractivity contribution in [2.24, 2.45) is 0 Å². The van der Waals surface area contributed by atoms with Gasteiger partial charge in [-0.15, -0.1) is 0 Å². The fourth-order valence-electron chi connectivity index (χ4n) is 2.36. The van der Waals surface area contributed by atoms with Crippen LogP contribution in [-0.2, 0) is 0 Å². The van der Waals surface area contributed by atoms with E-state index in [0.717, 1.165) is 16.8 Å². The van der Waals surface area contributed by atoms with Gasteiger partial charge < -0.3 is 5.73 Å². The molecular weight excluding hydrogens is 288 g/mol. The Balaban J connectivity index is 2.08. The Labute approximate surface area is 133 Å². The molecule has 0 aliphatic carbocycles. The monoisotopic (exact) mass is 302 g/mol. The van der Waals surface area contributed by atoms with Crippen LogP contribution in [0.3, 0.4) is 0 Å². The summed E-state index contributed by atoms with van der Waals surface area (Å²) in [7, 11) is 0. The van der Waals surface area contributed by atoms with E-state index in [-0.39, 0.29) is 5.56 Å². The van der Waals surface area contributed by atoms with E-state index in [9.17, 15) is 4.79 Å². The molecule has 0 spiro atoms. The molecule has 0 bridgehead atoms. The van der Waals surface area contributed by atoms with Crippen molar-refractivity contribution in [3.63, 3.8) is 0 Å². The molecule has 0 aliphatic heterocycles. The van der Waals surface area contributed by atoms with Crippen LogP contribution in [0.1, 0.15) is 11.3 Å². The third kappa shape index (κ3) is 2.83. The lowest BCUT2D eigenvalue weighted by molar-refractivity contribution is 0.787. The fourth-order valence-corrected chi connectivity index (χ4v) is 2.36. The number of aromatic nitrogens is 2. The Bertz CT molecular complexity index is 948. The van der Waals surface area contributed by atoms with Crippen molar-refractivity contribution in [2.75, 3.05) is 5.73 Å². The summed E-state index contributed by atoms with van der Waals surface area (Å²) in [5.41, 5.74) is 9.71. The van der Waals surface area contributed by atoms with Crippen molar-refractivity contribution in [1.29, 1.82) is 5.26 Å². The third-order valence-corrected chi connectivity index (χ3v) is 3.58. The van der Waals surface area contributed by atoms with Gasteiger partial charge in [-0.2, -0.15) is 15.0 Å². The van der Waals surface area contributed by atoms with Crippen LogP contribution >= 0.6 is 0 Å². The van der Waals surface area contributed by atoms with Crippen LogP contribution in [0, 0.1) is 18.3 Å². The molecule has 0 aliphatic rings. The van der Waals surface area contributed by atoms with E-state index in [1.54, 1.807) is 42.5 Å². The van der Waals surface area contributed by atoms with Gasteiger partial charge in [0, 0.05) is 17.3 Å². The molecular formula is C18H14N4O. The smallest absolute Gasteiger partial charge is 0.272 e. The molecule has 0 amide bonds. The van der Waals surface area contributed by atoms with Crippen molar-refractivity contribution >= 4 is 5.69 Å². The first-order chi connectivity index (χ1) is 11.1. The van der Waals surface area contributed by atoms with Crippen LogP contribution in [0.5, 0.6) is 0 Å². The van der Waals surface area contributed by atoms with Crippen LogP contribution in [-0.4, -0.2) is 9.78 Å². The molecule has 1 heterocycles. The molecule has 0 saturated carbocycles. The van der Waals surface area contributed by atoms with Gasteiger partial charge in [0.2, 0.25) is 0 Å². The minimum Gasteiger partial charge on any atom is -0.399 e. The number of benzene rings is 2. The zero-order valence-corrected chi connectivity index (χ0v) is 12.5. The van der Waals surface area contributed by atoms with Gasteiger partial charge in [-0.05, 0) is 48.9 Å². The molecule has 0 atom stereocenters. The van der Waals surface area contributed by atoms with Crippen molar-refractivity contribution < 1.29 is 0 Å². The summed E-state index contributed by atoms with van der Waals surface area (Å²) in [6.45, 7) is 1.85. The second kappa shape index (κ2) is 5.78. The molecule has 2 N–H and O–H groups in total. The minimum atomic E-state index is -0.230. The van der Waals surface area contributed by atoms with E-state index in [4.69, 9.17) is 11.0 Å². The summed E-state index contributed by atoms with van der Waals surface area (Å²) in [4.78, 5) is 12.4. The first-order valence-electron chi connectivity index (χ1n) is 7.06. The Hall–Kier alpha value is -3.39. The molecule has 3 aromatic rings. The molecule has 3 rings (SSSR count). The van der Waals surface area contributed by atoms with Crippen LogP contribution in [0.4, 0.5) is 5.69 Å². The minimum absolute atomic E-state index is 0.230. The molecule has 5 heteroatoms. The molecule has 1 aromatic heterocycles. The normalized spacial score (nSPS) is 10.3. The molecule has 0 fully saturated rings. The summed E-state index contributed by atoms with van der Waals surface area (Å²) >= 11 is 0. The first kappa shape index (κ1) is 14.5. The zero-order chi connectivity index (χ0) is 16.4. The summed E-state index contributed by atoms with van der Waals surface area (Å²) < 4.78 is 1.33. The number of aryl methyl sites for hydroxylation is 1. The number of hydrogen-bond donors (Lipinski definition) is 1. The SMILES string of the molecule is Cc1nn(-c2ccc(C#N)cc2)c(=O)cc1-c1ccc(N)cc1. The van der Waals surface area contributed by atoms with E-state index in [2.05, 4.69) is 5.10 Å². The van der Waals surface area contributed by atoms with Crippen LogP contribution < -0.4 is 11.3 Å².